The number of hydrogen-bond acceptors (Lipinski definition) is 5. The van der Waals surface area contributed by atoms with E-state index in [-0.39, 0.29) is 11.1 Å². The highest BCUT2D eigenvalue weighted by Crippen LogP contribution is 2.25. The molecule has 0 saturated carbocycles. The molecule has 2 heterocycles. The lowest BCUT2D eigenvalue weighted by molar-refractivity contribution is 0.316. The van der Waals surface area contributed by atoms with E-state index in [4.69, 9.17) is 9.15 Å². The monoisotopic (exact) mass is 350 g/mol. The topological polar surface area (TPSA) is 71.8 Å². The van der Waals surface area contributed by atoms with Crippen LogP contribution in [0.25, 0.3) is 0 Å². The van der Waals surface area contributed by atoms with Crippen molar-refractivity contribution in [1.82, 2.24) is 4.31 Å². The van der Waals surface area contributed by atoms with Gasteiger partial charge >= 0.3 is 0 Å². The number of rotatable bonds is 5. The number of piperidine rings is 1. The van der Waals surface area contributed by atoms with Gasteiger partial charge in [-0.3, -0.25) is 0 Å². The number of benzene rings is 1. The van der Waals surface area contributed by atoms with Gasteiger partial charge in [-0.05, 0) is 44.0 Å². The van der Waals surface area contributed by atoms with Crippen LogP contribution in [0.1, 0.15) is 18.6 Å². The van der Waals surface area contributed by atoms with Gasteiger partial charge in [0, 0.05) is 30.9 Å². The predicted molar refractivity (Wildman–Crippen MR) is 91.8 cm³/mol. The Morgan fingerprint density at radius 3 is 2.58 bits per heavy atom. The normalized spacial score (nSPS) is 16.9. The summed E-state index contributed by atoms with van der Waals surface area (Å²) in [5.41, 5.74) is 0.984. The van der Waals surface area contributed by atoms with Crippen LogP contribution in [0.5, 0.6) is 5.75 Å². The van der Waals surface area contributed by atoms with Crippen molar-refractivity contribution in [1.29, 1.82) is 0 Å². The Morgan fingerprint density at radius 2 is 1.96 bits per heavy atom. The highest BCUT2D eigenvalue weighted by atomic mass is 32.2. The molecule has 7 heteroatoms. The van der Waals surface area contributed by atoms with Gasteiger partial charge in [0.2, 0.25) is 5.09 Å². The van der Waals surface area contributed by atoms with Crippen LogP contribution in [-0.4, -0.2) is 39.0 Å². The molecule has 0 radical (unpaired) electrons. The molecule has 24 heavy (non-hydrogen) atoms. The van der Waals surface area contributed by atoms with Crippen molar-refractivity contribution < 1.29 is 17.6 Å². The summed E-state index contributed by atoms with van der Waals surface area (Å²) in [5, 5.41) is 3.47. The van der Waals surface area contributed by atoms with E-state index < -0.39 is 10.0 Å². The minimum absolute atomic E-state index is 0.0270. The molecule has 1 aliphatic heterocycles. The van der Waals surface area contributed by atoms with E-state index in [2.05, 4.69) is 5.32 Å². The van der Waals surface area contributed by atoms with Crippen molar-refractivity contribution in [3.05, 3.63) is 42.2 Å². The maximum Gasteiger partial charge on any atom is 0.276 e. The third-order valence-corrected chi connectivity index (χ3v) is 5.98. The van der Waals surface area contributed by atoms with Gasteiger partial charge in [0.25, 0.3) is 10.0 Å². The van der Waals surface area contributed by atoms with Crippen molar-refractivity contribution >= 4 is 15.7 Å². The van der Waals surface area contributed by atoms with Crippen LogP contribution in [0.3, 0.4) is 0 Å². The highest BCUT2D eigenvalue weighted by molar-refractivity contribution is 7.89. The molecule has 0 bridgehead atoms. The summed E-state index contributed by atoms with van der Waals surface area (Å²) in [7, 11) is -1.89. The van der Waals surface area contributed by atoms with Gasteiger partial charge in [-0.15, -0.1) is 0 Å². The van der Waals surface area contributed by atoms with Crippen molar-refractivity contribution in [3.8, 4) is 5.75 Å². The van der Waals surface area contributed by atoms with E-state index in [0.29, 0.717) is 18.8 Å². The number of aryl methyl sites for hydroxylation is 1. The van der Waals surface area contributed by atoms with Gasteiger partial charge in [0.05, 0.1) is 7.11 Å². The number of hydrogen-bond donors (Lipinski definition) is 1. The zero-order valence-electron chi connectivity index (χ0n) is 13.9. The Labute approximate surface area is 142 Å². The minimum atomic E-state index is -3.53. The van der Waals surface area contributed by atoms with Gasteiger partial charge in [-0.25, -0.2) is 8.42 Å². The molecule has 2 aromatic rings. The van der Waals surface area contributed by atoms with E-state index in [1.807, 2.05) is 24.3 Å². The molecule has 3 rings (SSSR count). The fourth-order valence-electron chi connectivity index (χ4n) is 2.87. The lowest BCUT2D eigenvalue weighted by Crippen LogP contribution is -2.42. The number of nitrogens with one attached hydrogen (secondary N) is 1. The number of methoxy groups -OCH3 is 1. The van der Waals surface area contributed by atoms with E-state index in [1.165, 1.54) is 10.4 Å². The van der Waals surface area contributed by atoms with Crippen LogP contribution in [0.2, 0.25) is 0 Å². The highest BCUT2D eigenvalue weighted by Gasteiger charge is 2.31. The summed E-state index contributed by atoms with van der Waals surface area (Å²) in [4.78, 5) is 0. The average molecular weight is 350 g/mol. The van der Waals surface area contributed by atoms with Crippen LogP contribution in [0.15, 0.2) is 45.9 Å². The minimum Gasteiger partial charge on any atom is -0.497 e. The summed E-state index contributed by atoms with van der Waals surface area (Å²) >= 11 is 0. The van der Waals surface area contributed by atoms with Crippen molar-refractivity contribution in [2.75, 3.05) is 25.5 Å². The molecule has 0 atom stereocenters. The fraction of sp³-hybridized carbons (Fsp3) is 0.412. The van der Waals surface area contributed by atoms with Crippen LogP contribution >= 0.6 is 0 Å². The van der Waals surface area contributed by atoms with Crippen LogP contribution < -0.4 is 10.1 Å². The summed E-state index contributed by atoms with van der Waals surface area (Å²) in [6.07, 6.45) is 1.49. The molecule has 6 nitrogen and oxygen atoms in total. The van der Waals surface area contributed by atoms with E-state index in [9.17, 15) is 8.42 Å². The molecule has 1 saturated heterocycles. The molecule has 0 aliphatic carbocycles. The Kier molecular flexibility index (Phi) is 4.82. The number of anilines is 1. The molecule has 1 N–H and O–H groups in total. The van der Waals surface area contributed by atoms with E-state index in [1.54, 1.807) is 20.1 Å². The van der Waals surface area contributed by atoms with Gasteiger partial charge in [0.1, 0.15) is 11.5 Å². The first-order valence-corrected chi connectivity index (χ1v) is 9.40. The second kappa shape index (κ2) is 6.86. The third kappa shape index (κ3) is 3.57. The lowest BCUT2D eigenvalue weighted by Gasteiger charge is -2.31. The van der Waals surface area contributed by atoms with Gasteiger partial charge in [-0.2, -0.15) is 4.31 Å². The van der Waals surface area contributed by atoms with Crippen LogP contribution in [-0.2, 0) is 10.0 Å². The first-order valence-electron chi connectivity index (χ1n) is 7.96. The zero-order chi connectivity index (χ0) is 17.2. The number of furan rings is 1. The summed E-state index contributed by atoms with van der Waals surface area (Å²) in [6, 6.07) is 11.2. The second-order valence-electron chi connectivity index (χ2n) is 5.92. The molecule has 0 unspecified atom stereocenters. The van der Waals surface area contributed by atoms with E-state index >= 15 is 0 Å². The van der Waals surface area contributed by atoms with Crippen LogP contribution in [0.4, 0.5) is 5.69 Å². The predicted octanol–water partition coefficient (Wildman–Crippen LogP) is 2.86. The Balaban J connectivity index is 1.61. The third-order valence-electron chi connectivity index (χ3n) is 4.20. The SMILES string of the molecule is COc1cccc(NC2CCN(S(=O)(=O)c3ccc(C)o3)CC2)c1. The quantitative estimate of drug-likeness (QED) is 0.898. The summed E-state index contributed by atoms with van der Waals surface area (Å²) in [5.74, 6) is 1.40. The first kappa shape index (κ1) is 16.9. The van der Waals surface area contributed by atoms with Crippen molar-refractivity contribution in [3.63, 3.8) is 0 Å². The molecular weight excluding hydrogens is 328 g/mol. The number of sulfonamides is 1. The van der Waals surface area contributed by atoms with E-state index in [0.717, 1.165) is 24.3 Å². The summed E-state index contributed by atoms with van der Waals surface area (Å²) in [6.45, 7) is 2.69. The Morgan fingerprint density at radius 1 is 1.21 bits per heavy atom. The zero-order valence-corrected chi connectivity index (χ0v) is 14.7. The summed E-state index contributed by atoms with van der Waals surface area (Å²) < 4.78 is 37.1. The molecule has 0 amide bonds. The molecule has 130 valence electrons. The second-order valence-corrected chi connectivity index (χ2v) is 7.79. The molecular formula is C17H22N2O4S. The van der Waals surface area contributed by atoms with Gasteiger partial charge in [0.15, 0.2) is 0 Å². The van der Waals surface area contributed by atoms with Gasteiger partial charge in [-0.1, -0.05) is 6.07 Å². The van der Waals surface area contributed by atoms with Gasteiger partial charge < -0.3 is 14.5 Å². The lowest BCUT2D eigenvalue weighted by atomic mass is 10.1. The molecule has 1 aromatic carbocycles. The standard InChI is InChI=1S/C17H22N2O4S/c1-13-6-7-17(23-13)24(20,21)19-10-8-14(9-11-19)18-15-4-3-5-16(12-15)22-2/h3-7,12,14,18H,8-11H2,1-2H3. The average Bonchev–Trinajstić information content (AvgIpc) is 3.03. The number of ether oxygens (including phenoxy) is 1. The number of nitrogens with zero attached hydrogens (tertiary/aromatic N) is 1. The maximum absolute atomic E-state index is 12.5. The largest absolute Gasteiger partial charge is 0.497 e. The molecule has 0 spiro atoms. The van der Waals surface area contributed by atoms with Crippen molar-refractivity contribution in [2.45, 2.75) is 30.9 Å². The smallest absolute Gasteiger partial charge is 0.276 e. The first-order chi connectivity index (χ1) is 11.5. The molecule has 1 aliphatic rings. The van der Waals surface area contributed by atoms with Crippen LogP contribution in [0, 0.1) is 6.92 Å². The molecule has 1 aromatic heterocycles. The Hall–Kier alpha value is -1.99. The molecule has 1 fully saturated rings. The fourth-order valence-corrected chi connectivity index (χ4v) is 4.29. The van der Waals surface area contributed by atoms with Crippen molar-refractivity contribution in [2.24, 2.45) is 0 Å². The maximum atomic E-state index is 12.5. The Bertz CT molecular complexity index is 792.